The van der Waals surface area contributed by atoms with Gasteiger partial charge in [0.15, 0.2) is 0 Å². The van der Waals surface area contributed by atoms with Gasteiger partial charge in [0.1, 0.15) is 11.5 Å². The zero-order chi connectivity index (χ0) is 10.4. The molecule has 1 aromatic carbocycles. The highest BCUT2D eigenvalue weighted by atomic mass is 16.5. The maximum Gasteiger partial charge on any atom is 0.124 e. The Balaban J connectivity index is 2.83. The predicted molar refractivity (Wildman–Crippen MR) is 57.4 cm³/mol. The standard InChI is InChI=1S/C11H15NO2/c1-3-6-12-8-9-7-10(14-2)4-5-11(9)13/h4-5,7-8,13H,3,6H2,1-2H3. The van der Waals surface area contributed by atoms with Gasteiger partial charge in [0, 0.05) is 18.3 Å². The minimum atomic E-state index is 0.227. The summed E-state index contributed by atoms with van der Waals surface area (Å²) in [5.74, 6) is 0.950. The molecule has 0 saturated heterocycles. The van der Waals surface area contributed by atoms with Gasteiger partial charge in [-0.1, -0.05) is 6.92 Å². The molecule has 0 radical (unpaired) electrons. The van der Waals surface area contributed by atoms with E-state index in [2.05, 4.69) is 11.9 Å². The summed E-state index contributed by atoms with van der Waals surface area (Å²) in [6.07, 6.45) is 2.67. The number of rotatable bonds is 4. The van der Waals surface area contributed by atoms with Crippen LogP contribution in [0.4, 0.5) is 0 Å². The Morgan fingerprint density at radius 1 is 1.50 bits per heavy atom. The first-order chi connectivity index (χ1) is 6.77. The van der Waals surface area contributed by atoms with Gasteiger partial charge in [0.2, 0.25) is 0 Å². The molecular formula is C11H15NO2. The van der Waals surface area contributed by atoms with E-state index in [1.54, 1.807) is 31.5 Å². The van der Waals surface area contributed by atoms with Crippen molar-refractivity contribution in [1.29, 1.82) is 0 Å². The van der Waals surface area contributed by atoms with Crippen molar-refractivity contribution in [3.8, 4) is 11.5 Å². The number of benzene rings is 1. The van der Waals surface area contributed by atoms with Crippen molar-refractivity contribution in [2.75, 3.05) is 13.7 Å². The number of nitrogens with zero attached hydrogens (tertiary/aromatic N) is 1. The third-order valence-corrected chi connectivity index (χ3v) is 1.82. The summed E-state index contributed by atoms with van der Waals surface area (Å²) in [7, 11) is 1.60. The molecule has 0 atom stereocenters. The fraction of sp³-hybridized carbons (Fsp3) is 0.364. The molecule has 0 heterocycles. The Bertz CT molecular complexity index is 321. The van der Waals surface area contributed by atoms with Gasteiger partial charge < -0.3 is 9.84 Å². The van der Waals surface area contributed by atoms with Crippen LogP contribution < -0.4 is 4.74 Å². The Labute approximate surface area is 84.1 Å². The number of methoxy groups -OCH3 is 1. The average Bonchev–Trinajstić information content (AvgIpc) is 2.21. The van der Waals surface area contributed by atoms with Crippen LogP contribution in [0.2, 0.25) is 0 Å². The van der Waals surface area contributed by atoms with Gasteiger partial charge in [0.05, 0.1) is 7.11 Å². The smallest absolute Gasteiger partial charge is 0.124 e. The van der Waals surface area contributed by atoms with Gasteiger partial charge in [-0.15, -0.1) is 0 Å². The Morgan fingerprint density at radius 3 is 2.93 bits per heavy atom. The van der Waals surface area contributed by atoms with Crippen LogP contribution in [-0.4, -0.2) is 25.0 Å². The molecule has 0 aliphatic rings. The lowest BCUT2D eigenvalue weighted by atomic mass is 10.2. The number of ether oxygens (including phenoxy) is 1. The van der Waals surface area contributed by atoms with Crippen LogP contribution in [0.15, 0.2) is 23.2 Å². The molecule has 0 saturated carbocycles. The van der Waals surface area contributed by atoms with E-state index in [0.29, 0.717) is 5.56 Å². The fourth-order valence-electron chi connectivity index (χ4n) is 1.05. The number of phenolic OH excluding ortho intramolecular Hbond substituents is 1. The molecule has 0 fully saturated rings. The predicted octanol–water partition coefficient (Wildman–Crippen LogP) is 2.23. The third kappa shape index (κ3) is 2.76. The third-order valence-electron chi connectivity index (χ3n) is 1.82. The molecule has 3 heteroatoms. The van der Waals surface area contributed by atoms with Crippen LogP contribution in [-0.2, 0) is 0 Å². The first-order valence-electron chi connectivity index (χ1n) is 4.64. The Hall–Kier alpha value is -1.51. The molecule has 0 aromatic heterocycles. The van der Waals surface area contributed by atoms with Crippen LogP contribution in [0.5, 0.6) is 11.5 Å². The SMILES string of the molecule is CCCN=Cc1cc(OC)ccc1O. The minimum absolute atomic E-state index is 0.227. The van der Waals surface area contributed by atoms with Crippen molar-refractivity contribution >= 4 is 6.21 Å². The first-order valence-corrected chi connectivity index (χ1v) is 4.64. The molecule has 3 nitrogen and oxygen atoms in total. The highest BCUT2D eigenvalue weighted by Crippen LogP contribution is 2.20. The molecule has 1 rings (SSSR count). The van der Waals surface area contributed by atoms with Crippen molar-refractivity contribution in [3.63, 3.8) is 0 Å². The second kappa shape index (κ2) is 5.27. The van der Waals surface area contributed by atoms with Gasteiger partial charge in [-0.3, -0.25) is 4.99 Å². The van der Waals surface area contributed by atoms with Crippen LogP contribution >= 0.6 is 0 Å². The number of aliphatic imine (C=N–C) groups is 1. The molecule has 0 amide bonds. The quantitative estimate of drug-likeness (QED) is 0.745. The van der Waals surface area contributed by atoms with Crippen molar-refractivity contribution in [2.45, 2.75) is 13.3 Å². The lowest BCUT2D eigenvalue weighted by Crippen LogP contribution is -1.88. The number of aromatic hydroxyl groups is 1. The Kier molecular flexibility index (Phi) is 3.98. The number of hydrogen-bond acceptors (Lipinski definition) is 3. The van der Waals surface area contributed by atoms with E-state index in [-0.39, 0.29) is 5.75 Å². The molecule has 1 N–H and O–H groups in total. The second-order valence-electron chi connectivity index (χ2n) is 2.96. The maximum absolute atomic E-state index is 9.48. The number of phenols is 1. The highest BCUT2D eigenvalue weighted by molar-refractivity contribution is 5.84. The van der Waals surface area contributed by atoms with E-state index in [1.807, 2.05) is 0 Å². The van der Waals surface area contributed by atoms with Gasteiger partial charge in [-0.2, -0.15) is 0 Å². The highest BCUT2D eigenvalue weighted by Gasteiger charge is 1.99. The summed E-state index contributed by atoms with van der Waals surface area (Å²) < 4.78 is 5.04. The lowest BCUT2D eigenvalue weighted by Gasteiger charge is -2.02. The van der Waals surface area contributed by atoms with Crippen LogP contribution in [0, 0.1) is 0 Å². The summed E-state index contributed by atoms with van der Waals surface area (Å²) in [6.45, 7) is 2.83. The van der Waals surface area contributed by atoms with E-state index < -0.39 is 0 Å². The summed E-state index contributed by atoms with van der Waals surface area (Å²) in [5.41, 5.74) is 0.692. The van der Waals surface area contributed by atoms with E-state index in [1.165, 1.54) is 0 Å². The fourth-order valence-corrected chi connectivity index (χ4v) is 1.05. The lowest BCUT2D eigenvalue weighted by molar-refractivity contribution is 0.412. The molecule has 0 unspecified atom stereocenters. The van der Waals surface area contributed by atoms with Crippen LogP contribution in [0.25, 0.3) is 0 Å². The molecule has 0 spiro atoms. The van der Waals surface area contributed by atoms with Crippen LogP contribution in [0.1, 0.15) is 18.9 Å². The first kappa shape index (κ1) is 10.6. The number of hydrogen-bond donors (Lipinski definition) is 1. The Morgan fingerprint density at radius 2 is 2.29 bits per heavy atom. The van der Waals surface area contributed by atoms with Crippen molar-refractivity contribution in [2.24, 2.45) is 4.99 Å². The summed E-state index contributed by atoms with van der Waals surface area (Å²) >= 11 is 0. The molecule has 0 aliphatic heterocycles. The van der Waals surface area contributed by atoms with Crippen molar-refractivity contribution < 1.29 is 9.84 Å². The topological polar surface area (TPSA) is 41.8 Å². The maximum atomic E-state index is 9.48. The van der Waals surface area contributed by atoms with Crippen LogP contribution in [0.3, 0.4) is 0 Å². The van der Waals surface area contributed by atoms with E-state index in [9.17, 15) is 5.11 Å². The van der Waals surface area contributed by atoms with Gasteiger partial charge in [0.25, 0.3) is 0 Å². The summed E-state index contributed by atoms with van der Waals surface area (Å²) in [4.78, 5) is 4.16. The van der Waals surface area contributed by atoms with Crippen molar-refractivity contribution in [3.05, 3.63) is 23.8 Å². The van der Waals surface area contributed by atoms with Crippen molar-refractivity contribution in [1.82, 2.24) is 0 Å². The average molecular weight is 193 g/mol. The molecule has 76 valence electrons. The van der Waals surface area contributed by atoms with E-state index >= 15 is 0 Å². The zero-order valence-corrected chi connectivity index (χ0v) is 8.53. The molecule has 1 aromatic rings. The zero-order valence-electron chi connectivity index (χ0n) is 8.53. The molecular weight excluding hydrogens is 178 g/mol. The monoisotopic (exact) mass is 193 g/mol. The van der Waals surface area contributed by atoms with Gasteiger partial charge in [-0.25, -0.2) is 0 Å². The van der Waals surface area contributed by atoms with Gasteiger partial charge >= 0.3 is 0 Å². The normalized spacial score (nSPS) is 10.7. The van der Waals surface area contributed by atoms with E-state index in [4.69, 9.17) is 4.74 Å². The second-order valence-corrected chi connectivity index (χ2v) is 2.96. The van der Waals surface area contributed by atoms with Gasteiger partial charge in [-0.05, 0) is 24.6 Å². The minimum Gasteiger partial charge on any atom is -0.507 e. The largest absolute Gasteiger partial charge is 0.507 e. The van der Waals surface area contributed by atoms with E-state index in [0.717, 1.165) is 18.7 Å². The molecule has 14 heavy (non-hydrogen) atoms. The molecule has 0 aliphatic carbocycles. The summed E-state index contributed by atoms with van der Waals surface area (Å²) in [6, 6.07) is 5.08. The molecule has 0 bridgehead atoms. The summed E-state index contributed by atoms with van der Waals surface area (Å²) in [5, 5.41) is 9.48.